The van der Waals surface area contributed by atoms with E-state index in [-0.39, 0.29) is 5.25 Å². The van der Waals surface area contributed by atoms with Crippen molar-refractivity contribution in [3.05, 3.63) is 35.4 Å². The van der Waals surface area contributed by atoms with Gasteiger partial charge in [0.1, 0.15) is 6.04 Å². The maximum Gasteiger partial charge on any atom is 0.325 e. The van der Waals surface area contributed by atoms with E-state index in [0.29, 0.717) is 5.56 Å². The maximum atomic E-state index is 10.6. The third kappa shape index (κ3) is 2.49. The van der Waals surface area contributed by atoms with Crippen LogP contribution in [0.3, 0.4) is 0 Å². The molecule has 76 valence electrons. The lowest BCUT2D eigenvalue weighted by Gasteiger charge is -2.10. The van der Waals surface area contributed by atoms with Gasteiger partial charge in [-0.3, -0.25) is 4.79 Å². The molecule has 0 aliphatic rings. The molecule has 0 saturated heterocycles. The van der Waals surface area contributed by atoms with E-state index in [4.69, 9.17) is 10.8 Å². The summed E-state index contributed by atoms with van der Waals surface area (Å²) in [5.74, 6) is -1.02. The van der Waals surface area contributed by atoms with E-state index in [1.165, 1.54) is 0 Å². The zero-order valence-corrected chi connectivity index (χ0v) is 8.74. The topological polar surface area (TPSA) is 63.3 Å². The van der Waals surface area contributed by atoms with Gasteiger partial charge in [0, 0.05) is 5.25 Å². The van der Waals surface area contributed by atoms with Crippen LogP contribution in [0.1, 0.15) is 29.3 Å². The molecule has 0 bridgehead atoms. The van der Waals surface area contributed by atoms with Crippen LogP contribution in [0.25, 0.3) is 0 Å². The minimum atomic E-state index is -1.02. The Bertz CT molecular complexity index is 339. The molecule has 0 heterocycles. The second-order valence-corrected chi connectivity index (χ2v) is 3.94. The third-order valence-corrected chi connectivity index (χ3v) is 2.32. The molecule has 2 atom stereocenters. The smallest absolute Gasteiger partial charge is 0.325 e. The molecule has 0 aromatic heterocycles. The summed E-state index contributed by atoms with van der Waals surface area (Å²) in [6, 6.07) is 6.21. The quantitative estimate of drug-likeness (QED) is 0.667. The molecule has 0 aliphatic heterocycles. The van der Waals surface area contributed by atoms with Crippen LogP contribution < -0.4 is 5.73 Å². The Hall–Kier alpha value is -1.00. The highest BCUT2D eigenvalue weighted by Gasteiger charge is 2.14. The third-order valence-electron chi connectivity index (χ3n) is 2.02. The zero-order valence-electron chi connectivity index (χ0n) is 7.84. The molecule has 3 nitrogen and oxygen atoms in total. The highest BCUT2D eigenvalue weighted by molar-refractivity contribution is 7.80. The van der Waals surface area contributed by atoms with Crippen LogP contribution in [-0.2, 0) is 4.79 Å². The lowest BCUT2D eigenvalue weighted by atomic mass is 10.0. The first-order valence-corrected chi connectivity index (χ1v) is 4.80. The molecule has 0 saturated carbocycles. The van der Waals surface area contributed by atoms with Gasteiger partial charge in [-0.25, -0.2) is 0 Å². The summed E-state index contributed by atoms with van der Waals surface area (Å²) in [6.07, 6.45) is 0. The molecule has 1 rings (SSSR count). The predicted octanol–water partition coefficient (Wildman–Crippen LogP) is 1.76. The molecular formula is C10H13NO2S. The van der Waals surface area contributed by atoms with Crippen LogP contribution in [0.4, 0.5) is 0 Å². The van der Waals surface area contributed by atoms with Crippen LogP contribution in [0.5, 0.6) is 0 Å². The monoisotopic (exact) mass is 211 g/mol. The van der Waals surface area contributed by atoms with Crippen LogP contribution in [0, 0.1) is 0 Å². The largest absolute Gasteiger partial charge is 0.480 e. The predicted molar refractivity (Wildman–Crippen MR) is 58.4 cm³/mol. The number of carboxylic acids is 1. The fraction of sp³-hybridized carbons (Fsp3) is 0.300. The second kappa shape index (κ2) is 4.48. The van der Waals surface area contributed by atoms with E-state index in [0.717, 1.165) is 5.56 Å². The molecule has 0 spiro atoms. The van der Waals surface area contributed by atoms with Gasteiger partial charge < -0.3 is 10.8 Å². The van der Waals surface area contributed by atoms with E-state index < -0.39 is 12.0 Å². The summed E-state index contributed by atoms with van der Waals surface area (Å²) in [7, 11) is 0. The van der Waals surface area contributed by atoms with Crippen LogP contribution in [-0.4, -0.2) is 11.1 Å². The summed E-state index contributed by atoms with van der Waals surface area (Å²) < 4.78 is 0. The highest BCUT2D eigenvalue weighted by Crippen LogP contribution is 2.21. The molecule has 0 fully saturated rings. The van der Waals surface area contributed by atoms with E-state index in [1.807, 2.05) is 13.0 Å². The van der Waals surface area contributed by atoms with Crippen LogP contribution >= 0.6 is 12.6 Å². The van der Waals surface area contributed by atoms with Gasteiger partial charge in [0.15, 0.2) is 0 Å². The van der Waals surface area contributed by atoms with E-state index in [1.54, 1.807) is 18.2 Å². The number of carbonyl (C=O) groups is 1. The number of aliphatic carboxylic acids is 1. The average molecular weight is 211 g/mol. The summed E-state index contributed by atoms with van der Waals surface area (Å²) in [5.41, 5.74) is 7.06. The van der Waals surface area contributed by atoms with Gasteiger partial charge in [-0.2, -0.15) is 12.6 Å². The van der Waals surface area contributed by atoms with Crippen LogP contribution in [0.2, 0.25) is 0 Å². The molecule has 2 unspecified atom stereocenters. The van der Waals surface area contributed by atoms with Gasteiger partial charge in [-0.1, -0.05) is 24.3 Å². The van der Waals surface area contributed by atoms with Gasteiger partial charge in [0.05, 0.1) is 0 Å². The van der Waals surface area contributed by atoms with Crippen molar-refractivity contribution < 1.29 is 9.90 Å². The Balaban J connectivity index is 2.99. The Morgan fingerprint density at radius 1 is 1.50 bits per heavy atom. The number of hydrogen-bond acceptors (Lipinski definition) is 3. The molecular weight excluding hydrogens is 198 g/mol. The second-order valence-electron chi connectivity index (χ2n) is 3.16. The Kier molecular flexibility index (Phi) is 3.55. The first-order valence-electron chi connectivity index (χ1n) is 4.28. The number of thiol groups is 1. The first kappa shape index (κ1) is 11.1. The summed E-state index contributed by atoms with van der Waals surface area (Å²) in [6.45, 7) is 1.93. The summed E-state index contributed by atoms with van der Waals surface area (Å²) >= 11 is 4.27. The number of rotatable bonds is 3. The zero-order chi connectivity index (χ0) is 10.7. The van der Waals surface area contributed by atoms with Gasteiger partial charge in [-0.15, -0.1) is 0 Å². The lowest BCUT2D eigenvalue weighted by molar-refractivity contribution is -0.138. The SMILES string of the molecule is CC(S)c1cccc(C(N)C(=O)O)c1. The number of hydrogen-bond donors (Lipinski definition) is 3. The van der Waals surface area contributed by atoms with Crippen molar-refractivity contribution >= 4 is 18.6 Å². The van der Waals surface area contributed by atoms with Gasteiger partial charge in [-0.05, 0) is 18.1 Å². The van der Waals surface area contributed by atoms with Crippen molar-refractivity contribution in [3.63, 3.8) is 0 Å². The fourth-order valence-corrected chi connectivity index (χ4v) is 1.32. The maximum absolute atomic E-state index is 10.6. The number of carboxylic acid groups (broad SMARTS) is 1. The molecule has 0 aliphatic carbocycles. The molecule has 0 amide bonds. The number of benzene rings is 1. The Morgan fingerprint density at radius 3 is 2.57 bits per heavy atom. The van der Waals surface area contributed by atoms with E-state index >= 15 is 0 Å². The first-order chi connectivity index (χ1) is 6.52. The number of nitrogens with two attached hydrogens (primary N) is 1. The van der Waals surface area contributed by atoms with E-state index in [2.05, 4.69) is 12.6 Å². The molecule has 1 aromatic rings. The van der Waals surface area contributed by atoms with Crippen molar-refractivity contribution in [1.29, 1.82) is 0 Å². The Labute approximate surface area is 88.3 Å². The summed E-state index contributed by atoms with van der Waals surface area (Å²) in [5, 5.41) is 8.80. The van der Waals surface area contributed by atoms with Gasteiger partial charge in [0.25, 0.3) is 0 Å². The Morgan fingerprint density at radius 2 is 2.07 bits per heavy atom. The van der Waals surface area contributed by atoms with Gasteiger partial charge in [0.2, 0.25) is 0 Å². The molecule has 4 heteroatoms. The standard InChI is InChI=1S/C10H13NO2S/c1-6(14)7-3-2-4-8(5-7)9(11)10(12)13/h2-6,9,14H,11H2,1H3,(H,12,13). The van der Waals surface area contributed by atoms with Crippen molar-refractivity contribution in [1.82, 2.24) is 0 Å². The van der Waals surface area contributed by atoms with Crippen molar-refractivity contribution in [2.24, 2.45) is 5.73 Å². The minimum absolute atomic E-state index is 0.0796. The van der Waals surface area contributed by atoms with Crippen molar-refractivity contribution in [2.75, 3.05) is 0 Å². The van der Waals surface area contributed by atoms with Gasteiger partial charge >= 0.3 is 5.97 Å². The van der Waals surface area contributed by atoms with E-state index in [9.17, 15) is 4.79 Å². The average Bonchev–Trinajstić information content (AvgIpc) is 2.16. The normalized spacial score (nSPS) is 14.8. The molecule has 0 radical (unpaired) electrons. The van der Waals surface area contributed by atoms with Crippen molar-refractivity contribution in [3.8, 4) is 0 Å². The molecule has 3 N–H and O–H groups in total. The van der Waals surface area contributed by atoms with Crippen LogP contribution in [0.15, 0.2) is 24.3 Å². The fourth-order valence-electron chi connectivity index (χ4n) is 1.15. The molecule has 14 heavy (non-hydrogen) atoms. The van der Waals surface area contributed by atoms with Crippen molar-refractivity contribution in [2.45, 2.75) is 18.2 Å². The minimum Gasteiger partial charge on any atom is -0.480 e. The highest BCUT2D eigenvalue weighted by atomic mass is 32.1. The lowest BCUT2D eigenvalue weighted by Crippen LogP contribution is -2.20. The molecule has 1 aromatic carbocycles. The summed E-state index contributed by atoms with van der Waals surface area (Å²) in [4.78, 5) is 10.6.